The fourth-order valence-electron chi connectivity index (χ4n) is 1.87. The van der Waals surface area contributed by atoms with Crippen LogP contribution in [0.3, 0.4) is 0 Å². The highest BCUT2D eigenvalue weighted by Gasteiger charge is 2.33. The highest BCUT2D eigenvalue weighted by Crippen LogP contribution is 2.16. The van der Waals surface area contributed by atoms with Gasteiger partial charge in [-0.15, -0.1) is 6.42 Å². The lowest BCUT2D eigenvalue weighted by Gasteiger charge is -2.29. The summed E-state index contributed by atoms with van der Waals surface area (Å²) in [6.45, 7) is 4.96. The molecule has 0 saturated carbocycles. The molecule has 0 radical (unpaired) electrons. The average Bonchev–Trinajstić information content (AvgIpc) is 2.53. The number of hydrogen-bond donors (Lipinski definition) is 1. The molecule has 0 heterocycles. The van der Waals surface area contributed by atoms with E-state index in [1.54, 1.807) is 32.9 Å². The van der Waals surface area contributed by atoms with Gasteiger partial charge in [0.2, 0.25) is 0 Å². The van der Waals surface area contributed by atoms with Crippen molar-refractivity contribution < 1.29 is 23.9 Å². The van der Waals surface area contributed by atoms with E-state index in [4.69, 9.17) is 16.9 Å². The normalized spacial score (nSPS) is 11.8. The molecule has 0 aromatic heterocycles. The molecule has 0 spiro atoms. The summed E-state index contributed by atoms with van der Waals surface area (Å²) in [5.74, 6) is 1.07. The van der Waals surface area contributed by atoms with Crippen LogP contribution in [0.5, 0.6) is 0 Å². The van der Waals surface area contributed by atoms with Gasteiger partial charge in [-0.25, -0.2) is 9.69 Å². The van der Waals surface area contributed by atoms with E-state index in [1.165, 1.54) is 19.2 Å². The Labute approximate surface area is 147 Å². The highest BCUT2D eigenvalue weighted by atomic mass is 16.6. The number of esters is 1. The van der Waals surface area contributed by atoms with Gasteiger partial charge in [-0.3, -0.25) is 9.59 Å². The smallest absolute Gasteiger partial charge is 0.418 e. The zero-order chi connectivity index (χ0) is 19.2. The van der Waals surface area contributed by atoms with Gasteiger partial charge in [0.1, 0.15) is 11.8 Å². The molecule has 25 heavy (non-hydrogen) atoms. The summed E-state index contributed by atoms with van der Waals surface area (Å²) in [5.41, 5.74) is 5.81. The van der Waals surface area contributed by atoms with Crippen molar-refractivity contribution in [3.8, 4) is 12.3 Å². The van der Waals surface area contributed by atoms with Crippen molar-refractivity contribution in [2.24, 2.45) is 5.73 Å². The molecule has 134 valence electrons. The fraction of sp³-hybridized carbons (Fsp3) is 0.389. The fourth-order valence-corrected chi connectivity index (χ4v) is 1.87. The van der Waals surface area contributed by atoms with Crippen LogP contribution in [-0.4, -0.2) is 41.7 Å². The van der Waals surface area contributed by atoms with Crippen LogP contribution in [0, 0.1) is 12.3 Å². The molecule has 2 N–H and O–H groups in total. The van der Waals surface area contributed by atoms with Crippen LogP contribution in [-0.2, 0) is 14.3 Å². The van der Waals surface area contributed by atoms with Crippen molar-refractivity contribution in [1.29, 1.82) is 0 Å². The standard InChI is InChI=1S/C18H22N2O5/c1-6-12-7-9-13(10-8-12)16(22)20(14(19)11-15(21)24-5)17(23)25-18(2,3)4/h1,7-10,14H,11,19H2,2-5H3. The third-order valence-corrected chi connectivity index (χ3v) is 3.04. The molecule has 0 saturated heterocycles. The lowest BCUT2D eigenvalue weighted by atomic mass is 10.1. The molecule has 0 aliphatic rings. The molecule has 1 atom stereocenters. The van der Waals surface area contributed by atoms with Gasteiger partial charge < -0.3 is 15.2 Å². The van der Waals surface area contributed by atoms with Crippen molar-refractivity contribution in [1.82, 2.24) is 4.90 Å². The lowest BCUT2D eigenvalue weighted by molar-refractivity contribution is -0.141. The average molecular weight is 346 g/mol. The minimum Gasteiger partial charge on any atom is -0.469 e. The summed E-state index contributed by atoms with van der Waals surface area (Å²) in [6, 6.07) is 6.07. The molecular weight excluding hydrogens is 324 g/mol. The molecule has 0 aliphatic heterocycles. The first-order valence-electron chi connectivity index (χ1n) is 7.54. The number of carbonyl (C=O) groups excluding carboxylic acids is 3. The Balaban J connectivity index is 3.14. The van der Waals surface area contributed by atoms with Gasteiger partial charge in [0.25, 0.3) is 5.91 Å². The van der Waals surface area contributed by atoms with E-state index in [0.29, 0.717) is 10.5 Å². The number of rotatable bonds is 4. The van der Waals surface area contributed by atoms with E-state index < -0.39 is 29.7 Å². The monoisotopic (exact) mass is 346 g/mol. The Morgan fingerprint density at radius 3 is 2.24 bits per heavy atom. The minimum absolute atomic E-state index is 0.185. The van der Waals surface area contributed by atoms with Crippen LogP contribution in [0.2, 0.25) is 0 Å². The number of amides is 2. The summed E-state index contributed by atoms with van der Waals surface area (Å²) in [6.07, 6.45) is 2.74. The molecule has 1 aromatic carbocycles. The molecule has 1 rings (SSSR count). The van der Waals surface area contributed by atoms with E-state index in [1.807, 2.05) is 0 Å². The van der Waals surface area contributed by atoms with Gasteiger partial charge in [0, 0.05) is 11.1 Å². The first-order valence-corrected chi connectivity index (χ1v) is 7.54. The molecule has 2 amide bonds. The van der Waals surface area contributed by atoms with Crippen LogP contribution < -0.4 is 5.73 Å². The van der Waals surface area contributed by atoms with E-state index in [0.717, 1.165) is 0 Å². The SMILES string of the molecule is C#Cc1ccc(C(=O)N(C(=O)OC(C)(C)C)C(N)CC(=O)OC)cc1. The largest absolute Gasteiger partial charge is 0.469 e. The van der Waals surface area contributed by atoms with Gasteiger partial charge in [0.05, 0.1) is 13.5 Å². The van der Waals surface area contributed by atoms with Crippen LogP contribution >= 0.6 is 0 Å². The molecule has 1 unspecified atom stereocenters. The third-order valence-electron chi connectivity index (χ3n) is 3.04. The van der Waals surface area contributed by atoms with E-state index >= 15 is 0 Å². The number of imide groups is 1. The number of methoxy groups -OCH3 is 1. The Bertz CT molecular complexity index is 683. The maximum absolute atomic E-state index is 12.7. The number of nitrogens with two attached hydrogens (primary N) is 1. The van der Waals surface area contributed by atoms with Gasteiger partial charge in [-0.1, -0.05) is 5.92 Å². The first-order chi connectivity index (χ1) is 11.6. The van der Waals surface area contributed by atoms with E-state index in [2.05, 4.69) is 10.7 Å². The van der Waals surface area contributed by atoms with Crippen LogP contribution in [0.25, 0.3) is 0 Å². The predicted molar refractivity (Wildman–Crippen MR) is 91.4 cm³/mol. The number of carbonyl (C=O) groups is 3. The van der Waals surface area contributed by atoms with Crippen molar-refractivity contribution in [2.75, 3.05) is 7.11 Å². The zero-order valence-electron chi connectivity index (χ0n) is 14.7. The third kappa shape index (κ3) is 5.94. The first kappa shape index (κ1) is 20.2. The number of ether oxygens (including phenoxy) is 2. The van der Waals surface area contributed by atoms with Crippen LogP contribution in [0.1, 0.15) is 43.1 Å². The summed E-state index contributed by atoms with van der Waals surface area (Å²) in [5, 5.41) is 0. The second-order valence-corrected chi connectivity index (χ2v) is 6.22. The number of terminal acetylenes is 1. The van der Waals surface area contributed by atoms with Gasteiger partial charge in [-0.05, 0) is 45.0 Å². The summed E-state index contributed by atoms with van der Waals surface area (Å²) in [7, 11) is 1.19. The van der Waals surface area contributed by atoms with Gasteiger partial charge in [0.15, 0.2) is 0 Å². The number of benzene rings is 1. The maximum atomic E-state index is 12.7. The van der Waals surface area contributed by atoms with Gasteiger partial charge >= 0.3 is 12.1 Å². The van der Waals surface area contributed by atoms with Crippen molar-refractivity contribution >= 4 is 18.0 Å². The Morgan fingerprint density at radius 1 is 1.24 bits per heavy atom. The Kier molecular flexibility index (Phi) is 6.71. The quantitative estimate of drug-likeness (QED) is 0.508. The molecular formula is C18H22N2O5. The predicted octanol–water partition coefficient (Wildman–Crippen LogP) is 1.89. The lowest BCUT2D eigenvalue weighted by Crippen LogP contribution is -2.52. The summed E-state index contributed by atoms with van der Waals surface area (Å²) in [4.78, 5) is 37.3. The Hall–Kier alpha value is -2.85. The number of nitrogens with zero attached hydrogens (tertiary/aromatic N) is 1. The minimum atomic E-state index is -1.23. The second-order valence-electron chi connectivity index (χ2n) is 6.22. The van der Waals surface area contributed by atoms with Crippen LogP contribution in [0.15, 0.2) is 24.3 Å². The topological polar surface area (TPSA) is 98.9 Å². The molecule has 1 aromatic rings. The zero-order valence-corrected chi connectivity index (χ0v) is 14.7. The Morgan fingerprint density at radius 2 is 1.80 bits per heavy atom. The van der Waals surface area contributed by atoms with Crippen molar-refractivity contribution in [3.05, 3.63) is 35.4 Å². The molecule has 0 aliphatic carbocycles. The molecule has 0 fully saturated rings. The summed E-state index contributed by atoms with van der Waals surface area (Å²) < 4.78 is 9.76. The van der Waals surface area contributed by atoms with Crippen LogP contribution in [0.4, 0.5) is 4.79 Å². The van der Waals surface area contributed by atoms with E-state index in [-0.39, 0.29) is 12.0 Å². The van der Waals surface area contributed by atoms with Crippen molar-refractivity contribution in [2.45, 2.75) is 39.0 Å². The van der Waals surface area contributed by atoms with Gasteiger partial charge in [-0.2, -0.15) is 0 Å². The maximum Gasteiger partial charge on any atom is 0.418 e. The molecule has 0 bridgehead atoms. The second kappa shape index (κ2) is 8.31. The van der Waals surface area contributed by atoms with Crippen molar-refractivity contribution in [3.63, 3.8) is 0 Å². The summed E-state index contributed by atoms with van der Waals surface area (Å²) >= 11 is 0. The number of hydrogen-bond acceptors (Lipinski definition) is 6. The molecule has 7 heteroatoms. The highest BCUT2D eigenvalue weighted by molar-refractivity contribution is 6.03. The van der Waals surface area contributed by atoms with E-state index in [9.17, 15) is 14.4 Å². The molecule has 7 nitrogen and oxygen atoms in total.